The number of carbonyl (C=O) groups is 2. The lowest BCUT2D eigenvalue weighted by Gasteiger charge is -2.21. The Labute approximate surface area is 71.6 Å². The summed E-state index contributed by atoms with van der Waals surface area (Å²) in [4.78, 5) is 20.2. The normalized spacial score (nSPS) is 16.3. The van der Waals surface area contributed by atoms with Crippen molar-refractivity contribution in [1.29, 1.82) is 0 Å². The van der Waals surface area contributed by atoms with E-state index in [0.717, 1.165) is 0 Å². The molecule has 0 radical (unpaired) electrons. The lowest BCUT2D eigenvalue weighted by Crippen LogP contribution is -2.44. The third-order valence-corrected chi connectivity index (χ3v) is 1.38. The van der Waals surface area contributed by atoms with Gasteiger partial charge in [-0.05, 0) is 0 Å². The van der Waals surface area contributed by atoms with Crippen LogP contribution in [0.25, 0.3) is 0 Å². The zero-order valence-electron chi connectivity index (χ0n) is 6.57. The molecule has 0 heterocycles. The van der Waals surface area contributed by atoms with Crippen molar-refractivity contribution < 1.29 is 33.7 Å². The van der Waals surface area contributed by atoms with Gasteiger partial charge in [0.1, 0.15) is 0 Å². The van der Waals surface area contributed by atoms with Gasteiger partial charge in [-0.25, -0.2) is 13.6 Å². The zero-order chi connectivity index (χ0) is 10.8. The van der Waals surface area contributed by atoms with Gasteiger partial charge >= 0.3 is 11.9 Å². The minimum Gasteiger partial charge on any atom is -0.481 e. The van der Waals surface area contributed by atoms with Crippen LogP contribution in [0.1, 0.15) is 6.92 Å². The molecule has 0 aromatic heterocycles. The summed E-state index contributed by atoms with van der Waals surface area (Å²) >= 11 is 0. The first-order valence-electron chi connectivity index (χ1n) is 3.19. The van der Waals surface area contributed by atoms with E-state index < -0.39 is 29.9 Å². The molecule has 0 aromatic rings. The molecule has 5 nitrogen and oxygen atoms in total. The van der Waals surface area contributed by atoms with Crippen LogP contribution >= 0.6 is 0 Å². The molecule has 0 aromatic carbocycles. The number of aliphatic hydroxyl groups excluding tert-OH is 1. The highest BCUT2D eigenvalue weighted by atomic mass is 19.3. The maximum Gasteiger partial charge on any atom is 0.333 e. The molecule has 0 aliphatic carbocycles. The van der Waals surface area contributed by atoms with Crippen LogP contribution < -0.4 is 0 Å². The highest BCUT2D eigenvalue weighted by Crippen LogP contribution is 2.27. The van der Waals surface area contributed by atoms with E-state index in [4.69, 9.17) is 15.3 Å². The van der Waals surface area contributed by atoms with Crippen molar-refractivity contribution in [3.63, 3.8) is 0 Å². The molecule has 0 saturated heterocycles. The summed E-state index contributed by atoms with van der Waals surface area (Å²) < 4.78 is 24.9. The first-order valence-corrected chi connectivity index (χ1v) is 3.19. The molecule has 0 aliphatic heterocycles. The van der Waals surface area contributed by atoms with Crippen molar-refractivity contribution in [2.75, 3.05) is 0 Å². The molecular formula is C6H8F2O5. The van der Waals surface area contributed by atoms with Gasteiger partial charge < -0.3 is 15.3 Å². The number of carboxylic acids is 2. The Morgan fingerprint density at radius 1 is 1.23 bits per heavy atom. The van der Waals surface area contributed by atoms with Crippen molar-refractivity contribution in [2.45, 2.75) is 19.0 Å². The molecule has 0 amide bonds. The third-order valence-electron chi connectivity index (χ3n) is 1.38. The molecule has 0 saturated carbocycles. The summed E-state index contributed by atoms with van der Waals surface area (Å²) in [6, 6.07) is 0. The van der Waals surface area contributed by atoms with Crippen LogP contribution in [0.4, 0.5) is 8.78 Å². The van der Waals surface area contributed by atoms with Crippen LogP contribution in [0.3, 0.4) is 0 Å². The van der Waals surface area contributed by atoms with E-state index >= 15 is 0 Å². The summed E-state index contributed by atoms with van der Waals surface area (Å²) in [5.41, 5.74) is 0. The number of hydrogen-bond acceptors (Lipinski definition) is 3. The van der Waals surface area contributed by atoms with Crippen LogP contribution in [-0.4, -0.2) is 39.3 Å². The number of rotatable bonds is 4. The molecule has 0 aliphatic rings. The van der Waals surface area contributed by atoms with E-state index in [2.05, 4.69) is 0 Å². The van der Waals surface area contributed by atoms with E-state index in [-0.39, 0.29) is 6.92 Å². The van der Waals surface area contributed by atoms with Gasteiger partial charge in [0.2, 0.25) is 0 Å². The Bertz CT molecular complexity index is 222. The molecule has 7 heteroatoms. The fourth-order valence-corrected chi connectivity index (χ4v) is 0.772. The lowest BCUT2D eigenvalue weighted by molar-refractivity contribution is -0.177. The Hall–Kier alpha value is -1.24. The highest BCUT2D eigenvalue weighted by Gasteiger charge is 2.48. The number of aliphatic hydroxyl groups is 1. The van der Waals surface area contributed by atoms with Crippen molar-refractivity contribution in [2.24, 2.45) is 5.92 Å². The number of halogens is 2. The Morgan fingerprint density at radius 2 is 1.62 bits per heavy atom. The predicted octanol–water partition coefficient (Wildman–Crippen LogP) is -0.212. The molecule has 0 spiro atoms. The Morgan fingerprint density at radius 3 is 1.69 bits per heavy atom. The van der Waals surface area contributed by atoms with Crippen LogP contribution in [0, 0.1) is 5.92 Å². The van der Waals surface area contributed by atoms with Crippen LogP contribution in [0.5, 0.6) is 0 Å². The zero-order valence-corrected chi connectivity index (χ0v) is 6.57. The summed E-state index contributed by atoms with van der Waals surface area (Å²) in [5.74, 6) is -10.5. The SMILES string of the molecule is CC(F)(F)[C@H](C(=O)O)[C@@H](O)C(=O)O. The third kappa shape index (κ3) is 2.94. The van der Waals surface area contributed by atoms with Gasteiger partial charge in [-0.1, -0.05) is 0 Å². The fourth-order valence-electron chi connectivity index (χ4n) is 0.772. The minimum absolute atomic E-state index is 0.234. The topological polar surface area (TPSA) is 94.8 Å². The molecule has 13 heavy (non-hydrogen) atoms. The second-order valence-corrected chi connectivity index (χ2v) is 2.56. The quantitative estimate of drug-likeness (QED) is 0.580. The smallest absolute Gasteiger partial charge is 0.333 e. The monoisotopic (exact) mass is 198 g/mol. The molecule has 76 valence electrons. The van der Waals surface area contributed by atoms with Gasteiger partial charge in [0.05, 0.1) is 0 Å². The summed E-state index contributed by atoms with van der Waals surface area (Å²) in [6.07, 6.45) is -2.61. The van der Waals surface area contributed by atoms with E-state index in [1.165, 1.54) is 0 Å². The van der Waals surface area contributed by atoms with Gasteiger partial charge in [-0.2, -0.15) is 0 Å². The first-order chi connectivity index (χ1) is 5.68. The standard InChI is InChI=1S/C6H8F2O5/c1-6(7,8)2(4(10)11)3(9)5(12)13/h2-3,9H,1H3,(H,10,11)(H,12,13)/t2-,3+/m0/s1. The molecule has 0 unspecified atom stereocenters. The molecule has 0 rings (SSSR count). The lowest BCUT2D eigenvalue weighted by atomic mass is 9.96. The average Bonchev–Trinajstić information content (AvgIpc) is 1.82. The molecule has 2 atom stereocenters. The highest BCUT2D eigenvalue weighted by molar-refractivity contribution is 5.82. The maximum atomic E-state index is 12.4. The van der Waals surface area contributed by atoms with Crippen LogP contribution in [0.2, 0.25) is 0 Å². The Balaban J connectivity index is 4.83. The van der Waals surface area contributed by atoms with Crippen molar-refractivity contribution in [3.05, 3.63) is 0 Å². The Kier molecular flexibility index (Phi) is 3.30. The summed E-state index contributed by atoms with van der Waals surface area (Å²) in [5, 5.41) is 25.0. The van der Waals surface area contributed by atoms with Crippen molar-refractivity contribution in [3.8, 4) is 0 Å². The van der Waals surface area contributed by atoms with Gasteiger partial charge in [0.25, 0.3) is 5.92 Å². The second-order valence-electron chi connectivity index (χ2n) is 2.56. The molecular weight excluding hydrogens is 190 g/mol. The number of aliphatic carboxylic acids is 2. The van der Waals surface area contributed by atoms with E-state index in [1.54, 1.807) is 0 Å². The van der Waals surface area contributed by atoms with Crippen LogP contribution in [0.15, 0.2) is 0 Å². The van der Waals surface area contributed by atoms with E-state index in [9.17, 15) is 18.4 Å². The number of alkyl halides is 2. The predicted molar refractivity (Wildman–Crippen MR) is 35.4 cm³/mol. The maximum absolute atomic E-state index is 12.4. The van der Waals surface area contributed by atoms with E-state index in [0.29, 0.717) is 0 Å². The summed E-state index contributed by atoms with van der Waals surface area (Å²) in [7, 11) is 0. The average molecular weight is 198 g/mol. The number of hydrogen-bond donors (Lipinski definition) is 3. The van der Waals surface area contributed by atoms with Gasteiger partial charge in [0, 0.05) is 6.92 Å². The van der Waals surface area contributed by atoms with Gasteiger partial charge in [-0.15, -0.1) is 0 Å². The van der Waals surface area contributed by atoms with Crippen LogP contribution in [-0.2, 0) is 9.59 Å². The van der Waals surface area contributed by atoms with Crippen molar-refractivity contribution in [1.82, 2.24) is 0 Å². The van der Waals surface area contributed by atoms with Crippen molar-refractivity contribution >= 4 is 11.9 Å². The van der Waals surface area contributed by atoms with Gasteiger partial charge in [0.15, 0.2) is 12.0 Å². The molecule has 0 fully saturated rings. The largest absolute Gasteiger partial charge is 0.481 e. The van der Waals surface area contributed by atoms with E-state index in [1.807, 2.05) is 0 Å². The molecule has 0 bridgehead atoms. The first kappa shape index (κ1) is 11.8. The second kappa shape index (κ2) is 3.65. The minimum atomic E-state index is -3.79. The van der Waals surface area contributed by atoms with Gasteiger partial charge in [-0.3, -0.25) is 4.79 Å². The number of carboxylic acid groups (broad SMARTS) is 2. The fraction of sp³-hybridized carbons (Fsp3) is 0.667. The summed E-state index contributed by atoms with van der Waals surface area (Å²) in [6.45, 7) is 0.234. The molecule has 3 N–H and O–H groups in total.